The Labute approximate surface area is 191 Å². The Morgan fingerprint density at radius 2 is 1.87 bits per heavy atom. The third-order valence-electron chi connectivity index (χ3n) is 5.66. The molecule has 2 heterocycles. The molecule has 2 N–H and O–H groups in total. The second-order valence-electron chi connectivity index (χ2n) is 8.12. The SMILES string of the molecule is CN(C)c1nc(N[C@H]2CC[C@@H](CNCc3cc(Cl)sc3Cl)CC2)nc2ccccc12. The van der Waals surface area contributed by atoms with E-state index < -0.39 is 0 Å². The van der Waals surface area contributed by atoms with Crippen LogP contribution in [0.5, 0.6) is 0 Å². The topological polar surface area (TPSA) is 53.1 Å². The molecule has 1 aliphatic carbocycles. The molecule has 0 amide bonds. The van der Waals surface area contributed by atoms with Crippen molar-refractivity contribution in [2.45, 2.75) is 38.3 Å². The number of para-hydroxylation sites is 1. The Kier molecular flexibility index (Phi) is 6.98. The average Bonchev–Trinajstić information content (AvgIpc) is 3.05. The lowest BCUT2D eigenvalue weighted by molar-refractivity contribution is 0.324. The molecule has 1 aliphatic rings. The average molecular weight is 464 g/mol. The maximum absolute atomic E-state index is 6.20. The molecule has 30 heavy (non-hydrogen) atoms. The summed E-state index contributed by atoms with van der Waals surface area (Å²) >= 11 is 13.6. The fraction of sp³-hybridized carbons (Fsp3) is 0.455. The van der Waals surface area contributed by atoms with Crippen molar-refractivity contribution < 1.29 is 0 Å². The molecule has 0 spiro atoms. The van der Waals surface area contributed by atoms with Gasteiger partial charge in [0.2, 0.25) is 5.95 Å². The molecular formula is C22H27Cl2N5S. The van der Waals surface area contributed by atoms with Crippen LogP contribution in [0.2, 0.25) is 8.67 Å². The summed E-state index contributed by atoms with van der Waals surface area (Å²) in [5.74, 6) is 2.36. The molecule has 160 valence electrons. The van der Waals surface area contributed by atoms with Crippen LogP contribution in [0.3, 0.4) is 0 Å². The summed E-state index contributed by atoms with van der Waals surface area (Å²) < 4.78 is 1.53. The molecule has 1 fully saturated rings. The molecule has 2 aromatic heterocycles. The zero-order chi connectivity index (χ0) is 21.1. The highest BCUT2D eigenvalue weighted by atomic mass is 35.5. The first kappa shape index (κ1) is 21.6. The number of nitrogens with zero attached hydrogens (tertiary/aromatic N) is 3. The number of nitrogens with one attached hydrogen (secondary N) is 2. The van der Waals surface area contributed by atoms with E-state index in [1.54, 1.807) is 0 Å². The van der Waals surface area contributed by atoms with Gasteiger partial charge in [-0.05, 0) is 61.9 Å². The first-order valence-corrected chi connectivity index (χ1v) is 11.9. The normalized spacial score (nSPS) is 19.2. The first-order chi connectivity index (χ1) is 14.5. The Morgan fingerprint density at radius 1 is 1.10 bits per heavy atom. The van der Waals surface area contributed by atoms with E-state index in [1.165, 1.54) is 24.2 Å². The quantitative estimate of drug-likeness (QED) is 0.461. The summed E-state index contributed by atoms with van der Waals surface area (Å²) in [6.07, 6.45) is 4.64. The smallest absolute Gasteiger partial charge is 0.225 e. The Hall–Kier alpha value is -1.60. The molecule has 5 nitrogen and oxygen atoms in total. The molecule has 0 radical (unpaired) electrons. The minimum Gasteiger partial charge on any atom is -0.362 e. The number of hydrogen-bond acceptors (Lipinski definition) is 6. The van der Waals surface area contributed by atoms with Crippen LogP contribution in [-0.2, 0) is 6.54 Å². The number of benzene rings is 1. The van der Waals surface area contributed by atoms with Gasteiger partial charge < -0.3 is 15.5 Å². The fourth-order valence-electron chi connectivity index (χ4n) is 4.06. The largest absolute Gasteiger partial charge is 0.362 e. The molecule has 0 bridgehead atoms. The lowest BCUT2D eigenvalue weighted by Crippen LogP contribution is -2.31. The molecule has 0 saturated heterocycles. The van der Waals surface area contributed by atoms with Crippen LogP contribution in [0, 0.1) is 5.92 Å². The van der Waals surface area contributed by atoms with E-state index >= 15 is 0 Å². The van der Waals surface area contributed by atoms with Crippen LogP contribution >= 0.6 is 34.5 Å². The summed E-state index contributed by atoms with van der Waals surface area (Å²) in [6.45, 7) is 1.78. The van der Waals surface area contributed by atoms with Crippen LogP contribution in [-0.4, -0.2) is 36.6 Å². The number of anilines is 2. The van der Waals surface area contributed by atoms with E-state index in [0.29, 0.717) is 12.0 Å². The summed E-state index contributed by atoms with van der Waals surface area (Å²) in [7, 11) is 4.04. The summed E-state index contributed by atoms with van der Waals surface area (Å²) in [5.41, 5.74) is 2.07. The van der Waals surface area contributed by atoms with E-state index in [1.807, 2.05) is 43.3 Å². The first-order valence-electron chi connectivity index (χ1n) is 10.3. The Balaban J connectivity index is 1.30. The van der Waals surface area contributed by atoms with Crippen molar-refractivity contribution in [2.24, 2.45) is 5.92 Å². The number of rotatable bonds is 7. The minimum absolute atomic E-state index is 0.419. The molecule has 0 unspecified atom stereocenters. The minimum atomic E-state index is 0.419. The lowest BCUT2D eigenvalue weighted by Gasteiger charge is -2.29. The van der Waals surface area contributed by atoms with Gasteiger partial charge in [0, 0.05) is 32.1 Å². The van der Waals surface area contributed by atoms with E-state index in [0.717, 1.165) is 62.8 Å². The molecule has 1 saturated carbocycles. The Bertz CT molecular complexity index is 998. The van der Waals surface area contributed by atoms with Crippen LogP contribution in [0.4, 0.5) is 11.8 Å². The number of halogens is 2. The third kappa shape index (κ3) is 5.17. The maximum Gasteiger partial charge on any atom is 0.225 e. The highest BCUT2D eigenvalue weighted by molar-refractivity contribution is 7.20. The standard InChI is InChI=1S/C22H27Cl2N5S/c1-29(2)21-17-5-3-4-6-18(17)27-22(28-21)26-16-9-7-14(8-10-16)12-25-13-15-11-19(23)30-20(15)24/h3-6,11,14,16,25H,7-10,12-13H2,1-2H3,(H,26,27,28)/t14-,16+. The highest BCUT2D eigenvalue weighted by Crippen LogP contribution is 2.31. The van der Waals surface area contributed by atoms with Gasteiger partial charge in [0.1, 0.15) is 5.82 Å². The van der Waals surface area contributed by atoms with E-state index in [9.17, 15) is 0 Å². The molecule has 8 heteroatoms. The van der Waals surface area contributed by atoms with E-state index in [2.05, 4.69) is 16.7 Å². The van der Waals surface area contributed by atoms with Crippen molar-refractivity contribution in [2.75, 3.05) is 30.9 Å². The summed E-state index contributed by atoms with van der Waals surface area (Å²) in [6, 6.07) is 10.5. The summed E-state index contributed by atoms with van der Waals surface area (Å²) in [5, 5.41) is 8.20. The van der Waals surface area contributed by atoms with Crippen LogP contribution in [0.15, 0.2) is 30.3 Å². The van der Waals surface area contributed by atoms with Crippen LogP contribution in [0.25, 0.3) is 10.9 Å². The maximum atomic E-state index is 6.20. The number of hydrogen-bond donors (Lipinski definition) is 2. The van der Waals surface area contributed by atoms with E-state index in [-0.39, 0.29) is 0 Å². The number of fused-ring (bicyclic) bond motifs is 1. The van der Waals surface area contributed by atoms with Gasteiger partial charge in [0.25, 0.3) is 0 Å². The van der Waals surface area contributed by atoms with Crippen molar-refractivity contribution in [1.82, 2.24) is 15.3 Å². The number of thiophene rings is 1. The molecule has 4 rings (SSSR count). The second kappa shape index (κ2) is 9.69. The molecule has 1 aromatic carbocycles. The van der Waals surface area contributed by atoms with Crippen molar-refractivity contribution in [3.05, 3.63) is 44.6 Å². The lowest BCUT2D eigenvalue weighted by atomic mass is 9.86. The van der Waals surface area contributed by atoms with Gasteiger partial charge in [-0.1, -0.05) is 35.3 Å². The zero-order valence-corrected chi connectivity index (χ0v) is 19.6. The van der Waals surface area contributed by atoms with Gasteiger partial charge in [0.05, 0.1) is 14.2 Å². The third-order valence-corrected chi connectivity index (χ3v) is 7.23. The highest BCUT2D eigenvalue weighted by Gasteiger charge is 2.22. The second-order valence-corrected chi connectivity index (χ2v) is 10.4. The van der Waals surface area contributed by atoms with Gasteiger partial charge in [0.15, 0.2) is 0 Å². The Morgan fingerprint density at radius 3 is 2.57 bits per heavy atom. The van der Waals surface area contributed by atoms with Crippen molar-refractivity contribution in [3.8, 4) is 0 Å². The number of aromatic nitrogens is 2. The van der Waals surface area contributed by atoms with Crippen molar-refractivity contribution in [1.29, 1.82) is 0 Å². The van der Waals surface area contributed by atoms with E-state index in [4.69, 9.17) is 33.2 Å². The molecule has 3 aromatic rings. The zero-order valence-electron chi connectivity index (χ0n) is 17.3. The monoisotopic (exact) mass is 463 g/mol. The molecule has 0 atom stereocenters. The van der Waals surface area contributed by atoms with Gasteiger partial charge in [-0.25, -0.2) is 4.98 Å². The van der Waals surface area contributed by atoms with Gasteiger partial charge in [-0.15, -0.1) is 11.3 Å². The summed E-state index contributed by atoms with van der Waals surface area (Å²) in [4.78, 5) is 11.6. The van der Waals surface area contributed by atoms with Crippen molar-refractivity contribution in [3.63, 3.8) is 0 Å². The predicted octanol–water partition coefficient (Wildman–Crippen LogP) is 5.82. The fourth-order valence-corrected chi connectivity index (χ4v) is 5.55. The van der Waals surface area contributed by atoms with Gasteiger partial charge in [-0.3, -0.25) is 0 Å². The van der Waals surface area contributed by atoms with Gasteiger partial charge >= 0.3 is 0 Å². The molecule has 0 aliphatic heterocycles. The predicted molar refractivity (Wildman–Crippen MR) is 129 cm³/mol. The van der Waals surface area contributed by atoms with Crippen molar-refractivity contribution >= 4 is 57.2 Å². The van der Waals surface area contributed by atoms with Gasteiger partial charge in [-0.2, -0.15) is 4.98 Å². The van der Waals surface area contributed by atoms with Crippen LogP contribution < -0.4 is 15.5 Å². The molecular weight excluding hydrogens is 437 g/mol. The van der Waals surface area contributed by atoms with Crippen LogP contribution in [0.1, 0.15) is 31.2 Å².